The average molecular weight is 439 g/mol. The van der Waals surface area contributed by atoms with Crippen molar-refractivity contribution in [3.05, 3.63) is 120 Å². The second kappa shape index (κ2) is 10.8. The molecule has 4 rings (SSSR count). The van der Waals surface area contributed by atoms with Crippen LogP contribution in [0.25, 0.3) is 0 Å². The van der Waals surface area contributed by atoms with Gasteiger partial charge < -0.3 is 14.2 Å². The van der Waals surface area contributed by atoms with Gasteiger partial charge in [0.15, 0.2) is 0 Å². The first-order valence-electron chi connectivity index (χ1n) is 11.4. The minimum Gasteiger partial charge on any atom is -0.457 e. The third-order valence-electron chi connectivity index (χ3n) is 5.88. The second-order valence-electron chi connectivity index (χ2n) is 8.41. The van der Waals surface area contributed by atoms with Gasteiger partial charge in [0.05, 0.1) is 13.2 Å². The standard InChI is InChI=1S/C30H30O3/c1-3-30(2,25-17-19-28(20-18-25)32-26-12-6-4-7-13-26)23-31-22-24-11-10-16-29(21-24)33-27-14-8-5-9-15-27/h4-21H,3,22-23H2,1-2H3. The molecule has 33 heavy (non-hydrogen) atoms. The van der Waals surface area contributed by atoms with Crippen LogP contribution in [0.5, 0.6) is 23.0 Å². The van der Waals surface area contributed by atoms with Crippen molar-refractivity contribution in [3.8, 4) is 23.0 Å². The summed E-state index contributed by atoms with van der Waals surface area (Å²) in [5, 5.41) is 0. The van der Waals surface area contributed by atoms with E-state index in [1.807, 2.05) is 91.0 Å². The number of hydrogen-bond acceptors (Lipinski definition) is 3. The molecule has 4 aromatic carbocycles. The van der Waals surface area contributed by atoms with Gasteiger partial charge in [-0.3, -0.25) is 0 Å². The Balaban J connectivity index is 1.35. The van der Waals surface area contributed by atoms with E-state index in [1.54, 1.807) is 0 Å². The number of hydrogen-bond donors (Lipinski definition) is 0. The predicted molar refractivity (Wildman–Crippen MR) is 133 cm³/mol. The highest BCUT2D eigenvalue weighted by atomic mass is 16.5. The van der Waals surface area contributed by atoms with E-state index in [4.69, 9.17) is 14.2 Å². The van der Waals surface area contributed by atoms with Crippen LogP contribution in [0, 0.1) is 0 Å². The fraction of sp³-hybridized carbons (Fsp3) is 0.200. The highest BCUT2D eigenvalue weighted by molar-refractivity contribution is 5.36. The minimum atomic E-state index is -0.0799. The van der Waals surface area contributed by atoms with Crippen LogP contribution in [0.1, 0.15) is 31.4 Å². The van der Waals surface area contributed by atoms with E-state index in [0.717, 1.165) is 35.0 Å². The molecule has 168 valence electrons. The Morgan fingerprint density at radius 1 is 0.606 bits per heavy atom. The molecule has 3 heteroatoms. The molecule has 0 aliphatic carbocycles. The Labute approximate surface area is 196 Å². The number of para-hydroxylation sites is 2. The van der Waals surface area contributed by atoms with E-state index in [1.165, 1.54) is 5.56 Å². The highest BCUT2D eigenvalue weighted by Crippen LogP contribution is 2.31. The fourth-order valence-corrected chi connectivity index (χ4v) is 3.66. The Hall–Kier alpha value is -3.56. The molecule has 0 spiro atoms. The molecule has 4 aromatic rings. The van der Waals surface area contributed by atoms with Gasteiger partial charge in [-0.1, -0.05) is 74.5 Å². The number of ether oxygens (including phenoxy) is 3. The molecular formula is C30H30O3. The van der Waals surface area contributed by atoms with Crippen molar-refractivity contribution >= 4 is 0 Å². The summed E-state index contributed by atoms with van der Waals surface area (Å²) in [5.74, 6) is 3.31. The molecule has 0 saturated carbocycles. The van der Waals surface area contributed by atoms with Crippen molar-refractivity contribution in [1.29, 1.82) is 0 Å². The molecule has 0 fully saturated rings. The fourth-order valence-electron chi connectivity index (χ4n) is 3.66. The summed E-state index contributed by atoms with van der Waals surface area (Å²) in [6.45, 7) is 5.62. The van der Waals surface area contributed by atoms with Gasteiger partial charge in [0.1, 0.15) is 23.0 Å². The highest BCUT2D eigenvalue weighted by Gasteiger charge is 2.25. The van der Waals surface area contributed by atoms with Crippen molar-refractivity contribution in [2.24, 2.45) is 0 Å². The molecule has 0 saturated heterocycles. The zero-order chi connectivity index (χ0) is 22.9. The van der Waals surface area contributed by atoms with Crippen LogP contribution in [0.15, 0.2) is 109 Å². The lowest BCUT2D eigenvalue weighted by atomic mass is 9.81. The van der Waals surface area contributed by atoms with E-state index < -0.39 is 0 Å². The topological polar surface area (TPSA) is 27.7 Å². The molecule has 0 aliphatic rings. The van der Waals surface area contributed by atoms with Crippen molar-refractivity contribution in [2.75, 3.05) is 6.61 Å². The van der Waals surface area contributed by atoms with Crippen molar-refractivity contribution in [1.82, 2.24) is 0 Å². The van der Waals surface area contributed by atoms with Crippen molar-refractivity contribution < 1.29 is 14.2 Å². The summed E-state index contributed by atoms with van der Waals surface area (Å²) in [6.07, 6.45) is 0.975. The molecular weight excluding hydrogens is 408 g/mol. The molecule has 3 nitrogen and oxygen atoms in total. The maximum Gasteiger partial charge on any atom is 0.127 e. The van der Waals surface area contributed by atoms with Gasteiger partial charge in [-0.05, 0) is 66.1 Å². The molecule has 0 radical (unpaired) electrons. The molecule has 1 atom stereocenters. The number of benzene rings is 4. The van der Waals surface area contributed by atoms with E-state index in [-0.39, 0.29) is 5.41 Å². The maximum atomic E-state index is 6.17. The smallest absolute Gasteiger partial charge is 0.127 e. The van der Waals surface area contributed by atoms with E-state index in [2.05, 4.69) is 32.0 Å². The van der Waals surface area contributed by atoms with Crippen LogP contribution in [-0.4, -0.2) is 6.61 Å². The predicted octanol–water partition coefficient (Wildman–Crippen LogP) is 8.16. The summed E-state index contributed by atoms with van der Waals surface area (Å²) in [5.41, 5.74) is 2.25. The van der Waals surface area contributed by atoms with Crippen molar-refractivity contribution in [3.63, 3.8) is 0 Å². The van der Waals surface area contributed by atoms with Crippen LogP contribution < -0.4 is 9.47 Å². The van der Waals surface area contributed by atoms with Gasteiger partial charge in [-0.15, -0.1) is 0 Å². The minimum absolute atomic E-state index is 0.0799. The van der Waals surface area contributed by atoms with Gasteiger partial charge in [0.25, 0.3) is 0 Å². The third-order valence-corrected chi connectivity index (χ3v) is 5.88. The zero-order valence-electron chi connectivity index (χ0n) is 19.2. The maximum absolute atomic E-state index is 6.17. The molecule has 0 amide bonds. The lowest BCUT2D eigenvalue weighted by Gasteiger charge is -2.29. The molecule has 0 heterocycles. The van der Waals surface area contributed by atoms with Crippen molar-refractivity contribution in [2.45, 2.75) is 32.3 Å². The summed E-state index contributed by atoms with van der Waals surface area (Å²) in [4.78, 5) is 0. The van der Waals surface area contributed by atoms with E-state index in [0.29, 0.717) is 13.2 Å². The monoisotopic (exact) mass is 438 g/mol. The SMILES string of the molecule is CCC(C)(COCc1cccc(Oc2ccccc2)c1)c1ccc(Oc2ccccc2)cc1. The summed E-state index contributed by atoms with van der Waals surface area (Å²) in [6, 6.07) is 36.0. The average Bonchev–Trinajstić information content (AvgIpc) is 2.86. The van der Waals surface area contributed by atoms with Crippen LogP contribution in [0.2, 0.25) is 0 Å². The summed E-state index contributed by atoms with van der Waals surface area (Å²) in [7, 11) is 0. The van der Waals surface area contributed by atoms with Crippen LogP contribution in [-0.2, 0) is 16.8 Å². The van der Waals surface area contributed by atoms with E-state index in [9.17, 15) is 0 Å². The number of rotatable bonds is 10. The molecule has 1 unspecified atom stereocenters. The van der Waals surface area contributed by atoms with Gasteiger partial charge in [-0.2, -0.15) is 0 Å². The Morgan fingerprint density at radius 2 is 1.15 bits per heavy atom. The van der Waals surface area contributed by atoms with Gasteiger partial charge >= 0.3 is 0 Å². The summed E-state index contributed by atoms with van der Waals surface area (Å²) >= 11 is 0. The van der Waals surface area contributed by atoms with Crippen LogP contribution in [0.4, 0.5) is 0 Å². The van der Waals surface area contributed by atoms with Gasteiger partial charge in [0, 0.05) is 5.41 Å². The van der Waals surface area contributed by atoms with Crippen LogP contribution >= 0.6 is 0 Å². The van der Waals surface area contributed by atoms with Gasteiger partial charge in [0.2, 0.25) is 0 Å². The Bertz CT molecular complexity index is 1120. The summed E-state index contributed by atoms with van der Waals surface area (Å²) < 4.78 is 18.0. The molecule has 0 bridgehead atoms. The second-order valence-corrected chi connectivity index (χ2v) is 8.41. The third kappa shape index (κ3) is 6.24. The first kappa shape index (κ1) is 22.6. The Kier molecular flexibility index (Phi) is 7.43. The first-order valence-corrected chi connectivity index (χ1v) is 11.4. The van der Waals surface area contributed by atoms with Crippen LogP contribution in [0.3, 0.4) is 0 Å². The molecule has 0 aromatic heterocycles. The first-order chi connectivity index (χ1) is 16.1. The normalized spacial score (nSPS) is 12.7. The molecule has 0 N–H and O–H groups in total. The lowest BCUT2D eigenvalue weighted by molar-refractivity contribution is 0.0747. The van der Waals surface area contributed by atoms with Gasteiger partial charge in [-0.25, -0.2) is 0 Å². The quantitative estimate of drug-likeness (QED) is 0.250. The zero-order valence-corrected chi connectivity index (χ0v) is 19.2. The molecule has 0 aliphatic heterocycles. The largest absolute Gasteiger partial charge is 0.457 e. The Morgan fingerprint density at radius 3 is 1.76 bits per heavy atom. The lowest BCUT2D eigenvalue weighted by Crippen LogP contribution is -2.27. The van der Waals surface area contributed by atoms with E-state index >= 15 is 0 Å².